The van der Waals surface area contributed by atoms with Gasteiger partial charge in [-0.1, -0.05) is 0 Å². The largest absolute Gasteiger partial charge is 0.385 e. The van der Waals surface area contributed by atoms with Gasteiger partial charge in [-0.15, -0.1) is 0 Å². The molecule has 21 heavy (non-hydrogen) atoms. The Bertz CT molecular complexity index is 524. The molecule has 0 aliphatic heterocycles. The van der Waals surface area contributed by atoms with Crippen LogP contribution in [0.3, 0.4) is 0 Å². The maximum absolute atomic E-state index is 12.6. The minimum atomic E-state index is -3.62. The molecule has 1 aromatic rings. The molecule has 1 aromatic heterocycles. The number of pyridine rings is 1. The molecule has 8 nitrogen and oxygen atoms in total. The average molecular weight is 318 g/mol. The molecule has 0 fully saturated rings. The van der Waals surface area contributed by atoms with Crippen LogP contribution in [0.4, 0.5) is 5.82 Å². The van der Waals surface area contributed by atoms with Crippen LogP contribution in [-0.2, 0) is 19.5 Å². The van der Waals surface area contributed by atoms with Crippen molar-refractivity contribution in [1.29, 1.82) is 0 Å². The zero-order chi connectivity index (χ0) is 15.7. The maximum Gasteiger partial charge on any atom is 0.243 e. The monoisotopic (exact) mass is 318 g/mol. The Morgan fingerprint density at radius 2 is 2.00 bits per heavy atom. The van der Waals surface area contributed by atoms with Crippen LogP contribution in [0.15, 0.2) is 23.2 Å². The topological polar surface area (TPSA) is 107 Å². The quantitative estimate of drug-likeness (QED) is 0.356. The van der Waals surface area contributed by atoms with Crippen LogP contribution >= 0.6 is 0 Å². The summed E-state index contributed by atoms with van der Waals surface area (Å²) >= 11 is 0. The molecule has 0 atom stereocenters. The van der Waals surface area contributed by atoms with E-state index in [1.54, 1.807) is 7.11 Å². The number of nitrogens with zero attached hydrogens (tertiary/aromatic N) is 2. The number of hydrazine groups is 1. The minimum absolute atomic E-state index is 0.138. The Labute approximate surface area is 125 Å². The van der Waals surface area contributed by atoms with Crippen molar-refractivity contribution in [1.82, 2.24) is 9.29 Å². The smallest absolute Gasteiger partial charge is 0.243 e. The Morgan fingerprint density at radius 1 is 1.29 bits per heavy atom. The molecule has 0 saturated carbocycles. The van der Waals surface area contributed by atoms with Gasteiger partial charge in [-0.2, -0.15) is 4.31 Å². The molecule has 9 heteroatoms. The van der Waals surface area contributed by atoms with Crippen molar-refractivity contribution < 1.29 is 17.9 Å². The number of aromatic nitrogens is 1. The van der Waals surface area contributed by atoms with Crippen LogP contribution in [-0.4, -0.2) is 58.2 Å². The van der Waals surface area contributed by atoms with E-state index in [0.717, 1.165) is 0 Å². The van der Waals surface area contributed by atoms with Crippen molar-refractivity contribution >= 4 is 15.8 Å². The van der Waals surface area contributed by atoms with Gasteiger partial charge in [0.2, 0.25) is 10.0 Å². The van der Waals surface area contributed by atoms with E-state index in [1.807, 2.05) is 0 Å². The predicted molar refractivity (Wildman–Crippen MR) is 79.2 cm³/mol. The third kappa shape index (κ3) is 5.21. The van der Waals surface area contributed by atoms with Gasteiger partial charge < -0.3 is 14.9 Å². The predicted octanol–water partition coefficient (Wildman–Crippen LogP) is 0.0408. The summed E-state index contributed by atoms with van der Waals surface area (Å²) in [7, 11) is -0.514. The highest BCUT2D eigenvalue weighted by molar-refractivity contribution is 7.89. The first-order chi connectivity index (χ1) is 10.1. The van der Waals surface area contributed by atoms with Gasteiger partial charge in [0.15, 0.2) is 0 Å². The number of anilines is 1. The molecule has 0 aromatic carbocycles. The van der Waals surface area contributed by atoms with E-state index in [1.165, 1.54) is 29.7 Å². The van der Waals surface area contributed by atoms with Crippen LogP contribution < -0.4 is 11.3 Å². The number of hydrogen-bond acceptors (Lipinski definition) is 7. The fourth-order valence-electron chi connectivity index (χ4n) is 1.73. The van der Waals surface area contributed by atoms with Gasteiger partial charge in [-0.05, 0) is 12.5 Å². The second-order valence-electron chi connectivity index (χ2n) is 4.26. The van der Waals surface area contributed by atoms with Crippen molar-refractivity contribution in [3.8, 4) is 0 Å². The van der Waals surface area contributed by atoms with Crippen molar-refractivity contribution in [2.24, 2.45) is 5.84 Å². The number of nitrogen functional groups attached to an aromatic ring is 1. The zero-order valence-corrected chi connectivity index (χ0v) is 13.1. The lowest BCUT2D eigenvalue weighted by molar-refractivity contribution is 0.164. The molecule has 3 N–H and O–H groups in total. The Morgan fingerprint density at radius 3 is 2.62 bits per heavy atom. The zero-order valence-electron chi connectivity index (χ0n) is 12.3. The Balaban J connectivity index is 2.95. The van der Waals surface area contributed by atoms with Gasteiger partial charge in [-0.25, -0.2) is 19.2 Å². The molecular weight excluding hydrogens is 296 g/mol. The molecule has 0 saturated heterocycles. The van der Waals surface area contributed by atoms with E-state index in [2.05, 4.69) is 10.4 Å². The number of rotatable bonds is 10. The second-order valence-corrected chi connectivity index (χ2v) is 6.20. The lowest BCUT2D eigenvalue weighted by Gasteiger charge is -2.22. The van der Waals surface area contributed by atoms with Crippen LogP contribution in [0.5, 0.6) is 0 Å². The summed E-state index contributed by atoms with van der Waals surface area (Å²) in [5.41, 5.74) is 2.34. The van der Waals surface area contributed by atoms with Crippen LogP contribution in [0.25, 0.3) is 0 Å². The SMILES string of the molecule is COCCCN(CCOC)S(=O)(=O)c1ccnc(NN)c1. The third-order valence-electron chi connectivity index (χ3n) is 2.82. The highest BCUT2D eigenvalue weighted by Gasteiger charge is 2.24. The molecule has 0 spiro atoms. The molecular formula is C12H22N4O4S. The van der Waals surface area contributed by atoms with Gasteiger partial charge >= 0.3 is 0 Å². The fraction of sp³-hybridized carbons (Fsp3) is 0.583. The van der Waals surface area contributed by atoms with Gasteiger partial charge in [0.05, 0.1) is 11.5 Å². The van der Waals surface area contributed by atoms with Gasteiger partial charge in [0.25, 0.3) is 0 Å². The number of nitrogens with two attached hydrogens (primary N) is 1. The first-order valence-electron chi connectivity index (χ1n) is 6.47. The van der Waals surface area contributed by atoms with Crippen LogP contribution in [0.1, 0.15) is 6.42 Å². The summed E-state index contributed by atoms with van der Waals surface area (Å²) in [6, 6.07) is 2.83. The first-order valence-corrected chi connectivity index (χ1v) is 7.91. The van der Waals surface area contributed by atoms with Gasteiger partial charge in [-0.3, -0.25) is 0 Å². The molecule has 0 radical (unpaired) electrons. The molecule has 1 heterocycles. The lowest BCUT2D eigenvalue weighted by atomic mass is 10.4. The van der Waals surface area contributed by atoms with Crippen molar-refractivity contribution in [2.75, 3.05) is 45.9 Å². The third-order valence-corrected chi connectivity index (χ3v) is 4.71. The summed E-state index contributed by atoms with van der Waals surface area (Å²) < 4.78 is 36.6. The number of hydrogen-bond donors (Lipinski definition) is 2. The van der Waals surface area contributed by atoms with Crippen molar-refractivity contribution in [2.45, 2.75) is 11.3 Å². The first kappa shape index (κ1) is 17.8. The number of sulfonamides is 1. The van der Waals surface area contributed by atoms with Gasteiger partial charge in [0.1, 0.15) is 5.82 Å². The Kier molecular flexibility index (Phi) is 7.54. The Hall–Kier alpha value is -1.26. The summed E-state index contributed by atoms with van der Waals surface area (Å²) in [6.45, 7) is 1.44. The van der Waals surface area contributed by atoms with Crippen LogP contribution in [0, 0.1) is 0 Å². The van der Waals surface area contributed by atoms with Gasteiger partial charge in [0, 0.05) is 46.2 Å². The average Bonchev–Trinajstić information content (AvgIpc) is 2.50. The van der Waals surface area contributed by atoms with E-state index in [4.69, 9.17) is 15.3 Å². The highest BCUT2D eigenvalue weighted by atomic mass is 32.2. The summed E-state index contributed by atoms with van der Waals surface area (Å²) in [4.78, 5) is 4.04. The second kappa shape index (κ2) is 8.90. The minimum Gasteiger partial charge on any atom is -0.385 e. The van der Waals surface area contributed by atoms with Crippen molar-refractivity contribution in [3.05, 3.63) is 18.3 Å². The molecule has 0 unspecified atom stereocenters. The van der Waals surface area contributed by atoms with E-state index in [-0.39, 0.29) is 11.4 Å². The normalized spacial score (nSPS) is 11.8. The van der Waals surface area contributed by atoms with Crippen molar-refractivity contribution in [3.63, 3.8) is 0 Å². The standard InChI is InChI=1S/C12H22N4O4S/c1-19-8-3-6-16(7-9-20-2)21(17,18)11-4-5-14-12(10-11)15-13/h4-5,10H,3,6-9,13H2,1-2H3,(H,14,15). The summed E-state index contributed by atoms with van der Waals surface area (Å²) in [6.07, 6.45) is 2.00. The summed E-state index contributed by atoms with van der Waals surface area (Å²) in [5.74, 6) is 5.55. The maximum atomic E-state index is 12.6. The molecule has 120 valence electrons. The fourth-order valence-corrected chi connectivity index (χ4v) is 3.21. The molecule has 0 aliphatic rings. The van der Waals surface area contributed by atoms with E-state index >= 15 is 0 Å². The molecule has 0 bridgehead atoms. The molecule has 1 rings (SSSR count). The highest BCUT2D eigenvalue weighted by Crippen LogP contribution is 2.17. The van der Waals surface area contributed by atoms with E-state index in [9.17, 15) is 8.42 Å². The van der Waals surface area contributed by atoms with Crippen LogP contribution in [0.2, 0.25) is 0 Å². The van der Waals surface area contributed by atoms with E-state index in [0.29, 0.717) is 32.0 Å². The molecule has 0 amide bonds. The lowest BCUT2D eigenvalue weighted by Crippen LogP contribution is -2.35. The number of methoxy groups -OCH3 is 2. The van der Waals surface area contributed by atoms with E-state index < -0.39 is 10.0 Å². The summed E-state index contributed by atoms with van der Waals surface area (Å²) in [5, 5.41) is 0. The number of ether oxygens (including phenoxy) is 2. The number of nitrogens with one attached hydrogen (secondary N) is 1. The molecule has 0 aliphatic carbocycles.